The van der Waals surface area contributed by atoms with Gasteiger partial charge in [0.2, 0.25) is 0 Å². The molecule has 0 amide bonds. The van der Waals surface area contributed by atoms with Crippen molar-refractivity contribution in [2.75, 3.05) is 11.9 Å². The Labute approximate surface area is 153 Å². The Morgan fingerprint density at radius 2 is 2.19 bits per heavy atom. The van der Waals surface area contributed by atoms with Gasteiger partial charge >= 0.3 is 5.97 Å². The molecule has 0 radical (unpaired) electrons. The molecule has 1 aliphatic rings. The number of nitrogens with one attached hydrogen (secondary N) is 1. The number of nitrogens with zero attached hydrogens (tertiary/aromatic N) is 3. The Balaban J connectivity index is 1.82. The highest BCUT2D eigenvalue weighted by Gasteiger charge is 2.21. The zero-order valence-corrected chi connectivity index (χ0v) is 15.1. The van der Waals surface area contributed by atoms with Crippen molar-refractivity contribution in [2.45, 2.75) is 30.0 Å². The fraction of sp³-hybridized carbons (Fsp3) is 0.278. The quantitative estimate of drug-likeness (QED) is 0.607. The number of cyclic esters (lactones) is 1. The van der Waals surface area contributed by atoms with Crippen LogP contribution in [-0.2, 0) is 4.74 Å². The van der Waals surface area contributed by atoms with Gasteiger partial charge in [0.05, 0.1) is 12.2 Å². The number of fused-ring (bicyclic) bond motifs is 2. The van der Waals surface area contributed by atoms with Crippen molar-refractivity contribution in [2.24, 2.45) is 0 Å². The van der Waals surface area contributed by atoms with Gasteiger partial charge in [0, 0.05) is 16.3 Å². The number of ether oxygens (including phenoxy) is 1. The van der Waals surface area contributed by atoms with Crippen LogP contribution >= 0.6 is 11.8 Å². The number of esters is 1. The van der Waals surface area contributed by atoms with Gasteiger partial charge in [0.25, 0.3) is 0 Å². The van der Waals surface area contributed by atoms with Gasteiger partial charge in [-0.1, -0.05) is 0 Å². The highest BCUT2D eigenvalue weighted by atomic mass is 32.2. The summed E-state index contributed by atoms with van der Waals surface area (Å²) < 4.78 is 20.8. The first-order valence-corrected chi connectivity index (χ1v) is 9.13. The third-order valence-corrected chi connectivity index (χ3v) is 5.33. The molecule has 3 aromatic rings. The molecular formula is C18H17FN4O2S. The molecule has 6 nitrogen and oxygen atoms in total. The van der Waals surface area contributed by atoms with E-state index in [1.165, 1.54) is 22.8 Å². The Morgan fingerprint density at radius 3 is 3.04 bits per heavy atom. The minimum Gasteiger partial charge on any atom is -0.461 e. The number of benzene rings is 1. The number of hydrogen-bond donors (Lipinski definition) is 1. The molecule has 26 heavy (non-hydrogen) atoms. The van der Waals surface area contributed by atoms with E-state index < -0.39 is 5.97 Å². The second kappa shape index (κ2) is 6.60. The Morgan fingerprint density at radius 1 is 1.35 bits per heavy atom. The van der Waals surface area contributed by atoms with E-state index in [1.54, 1.807) is 30.1 Å². The normalized spacial score (nSPS) is 20.5. The van der Waals surface area contributed by atoms with E-state index in [9.17, 15) is 9.18 Å². The van der Waals surface area contributed by atoms with Crippen molar-refractivity contribution in [1.82, 2.24) is 14.6 Å². The number of thioether (sulfide) groups is 1. The van der Waals surface area contributed by atoms with Crippen molar-refractivity contribution in [3.63, 3.8) is 0 Å². The standard InChI is InChI=1S/C18H17FN4O2S/c1-10-9-25-18(24)14-8-20-23-6-5-16(22-17(14)23)21-11(2)13-7-12(19)3-4-15(13)26-10/h3-8,10-11H,9H2,1-2H3,(H,21,22)/t10-,11+/m0/s1. The van der Waals surface area contributed by atoms with Crippen LogP contribution in [-0.4, -0.2) is 32.4 Å². The van der Waals surface area contributed by atoms with Crippen LogP contribution in [0.4, 0.5) is 10.2 Å². The van der Waals surface area contributed by atoms with Crippen LogP contribution in [0.15, 0.2) is 41.6 Å². The van der Waals surface area contributed by atoms with Crippen LogP contribution in [0, 0.1) is 5.82 Å². The average Bonchev–Trinajstić information content (AvgIpc) is 3.03. The summed E-state index contributed by atoms with van der Waals surface area (Å²) in [6.07, 6.45) is 3.18. The first-order chi connectivity index (χ1) is 12.5. The smallest absolute Gasteiger partial charge is 0.343 e. The molecule has 1 aliphatic heterocycles. The predicted octanol–water partition coefficient (Wildman–Crippen LogP) is 3.69. The summed E-state index contributed by atoms with van der Waals surface area (Å²) in [5.74, 6) is -0.168. The van der Waals surface area contributed by atoms with Crippen LogP contribution in [0.5, 0.6) is 0 Å². The van der Waals surface area contributed by atoms with Crippen molar-refractivity contribution < 1.29 is 13.9 Å². The molecule has 0 saturated carbocycles. The number of carbonyl (C=O) groups excluding carboxylic acids is 1. The first-order valence-electron chi connectivity index (χ1n) is 8.25. The van der Waals surface area contributed by atoms with E-state index in [1.807, 2.05) is 13.8 Å². The topological polar surface area (TPSA) is 68.5 Å². The highest BCUT2D eigenvalue weighted by molar-refractivity contribution is 8.00. The van der Waals surface area contributed by atoms with Crippen molar-refractivity contribution in [1.29, 1.82) is 0 Å². The summed E-state index contributed by atoms with van der Waals surface area (Å²) in [5.41, 5.74) is 1.58. The molecule has 8 heteroatoms. The van der Waals surface area contributed by atoms with Gasteiger partial charge in [-0.2, -0.15) is 5.10 Å². The van der Waals surface area contributed by atoms with Crippen LogP contribution in [0.25, 0.3) is 5.65 Å². The zero-order valence-electron chi connectivity index (χ0n) is 14.3. The third-order valence-electron chi connectivity index (χ3n) is 4.17. The van der Waals surface area contributed by atoms with Crippen LogP contribution in [0.2, 0.25) is 0 Å². The lowest BCUT2D eigenvalue weighted by Gasteiger charge is -2.20. The second-order valence-electron chi connectivity index (χ2n) is 6.21. The zero-order chi connectivity index (χ0) is 18.3. The molecule has 3 heterocycles. The van der Waals surface area contributed by atoms with Gasteiger partial charge in [-0.05, 0) is 43.7 Å². The Kier molecular flexibility index (Phi) is 4.28. The van der Waals surface area contributed by atoms with Gasteiger partial charge < -0.3 is 10.1 Å². The molecule has 4 rings (SSSR count). The van der Waals surface area contributed by atoms with Gasteiger partial charge in [-0.25, -0.2) is 18.7 Å². The molecule has 2 aromatic heterocycles. The van der Waals surface area contributed by atoms with E-state index in [0.717, 1.165) is 10.5 Å². The number of anilines is 1. The van der Waals surface area contributed by atoms with Crippen LogP contribution in [0.1, 0.15) is 35.8 Å². The van der Waals surface area contributed by atoms with E-state index in [0.29, 0.717) is 17.0 Å². The summed E-state index contributed by atoms with van der Waals surface area (Å²) >= 11 is 1.55. The van der Waals surface area contributed by atoms with Crippen molar-refractivity contribution >= 4 is 29.2 Å². The van der Waals surface area contributed by atoms with Gasteiger partial charge in [-0.3, -0.25) is 0 Å². The lowest BCUT2D eigenvalue weighted by atomic mass is 10.1. The molecule has 1 aromatic carbocycles. The van der Waals surface area contributed by atoms with Crippen LogP contribution < -0.4 is 5.32 Å². The maximum Gasteiger partial charge on any atom is 0.343 e. The molecule has 134 valence electrons. The number of hydrogen-bond acceptors (Lipinski definition) is 6. The second-order valence-corrected chi connectivity index (χ2v) is 7.69. The summed E-state index contributed by atoms with van der Waals surface area (Å²) in [4.78, 5) is 17.8. The molecule has 2 bridgehead atoms. The van der Waals surface area contributed by atoms with Gasteiger partial charge in [0.1, 0.15) is 23.8 Å². The molecular weight excluding hydrogens is 355 g/mol. The number of halogens is 1. The summed E-state index contributed by atoms with van der Waals surface area (Å²) in [7, 11) is 0. The molecule has 2 atom stereocenters. The van der Waals surface area contributed by atoms with Crippen molar-refractivity contribution in [3.8, 4) is 0 Å². The molecule has 0 saturated heterocycles. The Bertz CT molecular complexity index is 990. The monoisotopic (exact) mass is 372 g/mol. The maximum atomic E-state index is 13.8. The van der Waals surface area contributed by atoms with E-state index >= 15 is 0 Å². The van der Waals surface area contributed by atoms with E-state index in [4.69, 9.17) is 4.74 Å². The largest absolute Gasteiger partial charge is 0.461 e. The van der Waals surface area contributed by atoms with Crippen LogP contribution in [0.3, 0.4) is 0 Å². The fourth-order valence-electron chi connectivity index (χ4n) is 2.88. The van der Waals surface area contributed by atoms with Gasteiger partial charge in [0.15, 0.2) is 5.65 Å². The number of aromatic nitrogens is 3. The first kappa shape index (κ1) is 16.8. The van der Waals surface area contributed by atoms with E-state index in [-0.39, 0.29) is 23.7 Å². The minimum atomic E-state index is -0.455. The summed E-state index contributed by atoms with van der Waals surface area (Å²) in [5, 5.41) is 7.44. The highest BCUT2D eigenvalue weighted by Crippen LogP contribution is 2.33. The number of rotatable bonds is 0. The third kappa shape index (κ3) is 3.12. The fourth-order valence-corrected chi connectivity index (χ4v) is 3.97. The Hall–Kier alpha value is -2.61. The lowest BCUT2D eigenvalue weighted by molar-refractivity contribution is 0.0512. The minimum absolute atomic E-state index is 0.0123. The van der Waals surface area contributed by atoms with Gasteiger partial charge in [-0.15, -0.1) is 11.8 Å². The molecule has 0 aliphatic carbocycles. The number of carbonyl (C=O) groups is 1. The lowest BCUT2D eigenvalue weighted by Crippen LogP contribution is -2.14. The molecule has 0 fully saturated rings. The molecule has 0 spiro atoms. The predicted molar refractivity (Wildman–Crippen MR) is 97.0 cm³/mol. The van der Waals surface area contributed by atoms with Crippen molar-refractivity contribution in [3.05, 3.63) is 53.6 Å². The summed E-state index contributed by atoms with van der Waals surface area (Å²) in [6.45, 7) is 4.15. The molecule has 1 N–H and O–H groups in total. The average molecular weight is 372 g/mol. The van der Waals surface area contributed by atoms with E-state index in [2.05, 4.69) is 15.4 Å². The molecule has 0 unspecified atom stereocenters. The maximum absolute atomic E-state index is 13.8. The SMILES string of the molecule is C[C@H]1COC(=O)c2cnn3ccc(nc23)N[C@H](C)c2cc(F)ccc2S1. The summed E-state index contributed by atoms with van der Waals surface area (Å²) in [6, 6.07) is 6.33.